The maximum absolute atomic E-state index is 13.0. The third kappa shape index (κ3) is 4.61. The number of hydrogen-bond donors (Lipinski definition) is 0. The van der Waals surface area contributed by atoms with Gasteiger partial charge in [0.05, 0.1) is 34.1 Å². The first-order valence-electron chi connectivity index (χ1n) is 9.36. The van der Waals surface area contributed by atoms with Crippen molar-refractivity contribution in [1.29, 1.82) is 0 Å². The van der Waals surface area contributed by atoms with E-state index in [1.165, 1.54) is 0 Å². The van der Waals surface area contributed by atoms with Crippen molar-refractivity contribution in [3.8, 4) is 21.3 Å². The van der Waals surface area contributed by atoms with Crippen LogP contribution < -0.4 is 0 Å². The van der Waals surface area contributed by atoms with Crippen LogP contribution in [0.2, 0.25) is 5.02 Å². The molecule has 0 atom stereocenters. The molecule has 4 aromatic rings. The molecular formula is C21H19ClN4O2S2. The molecule has 0 radical (unpaired) electrons. The SMILES string of the molecule is CC(C)N(Cc1nnc(-c2ccccc2Cl)o1)C(=O)Cc1csc(-c2cccs2)n1. The summed E-state index contributed by atoms with van der Waals surface area (Å²) in [5.41, 5.74) is 1.44. The first-order valence-corrected chi connectivity index (χ1v) is 11.5. The van der Waals surface area contributed by atoms with Crippen molar-refractivity contribution in [1.82, 2.24) is 20.1 Å². The van der Waals surface area contributed by atoms with Crippen LogP contribution in [0.5, 0.6) is 0 Å². The largest absolute Gasteiger partial charge is 0.419 e. The van der Waals surface area contributed by atoms with E-state index in [1.807, 2.05) is 54.9 Å². The predicted molar refractivity (Wildman–Crippen MR) is 120 cm³/mol. The highest BCUT2D eigenvalue weighted by Crippen LogP contribution is 2.29. The Bertz CT molecular complexity index is 1140. The summed E-state index contributed by atoms with van der Waals surface area (Å²) >= 11 is 9.40. The van der Waals surface area contributed by atoms with E-state index >= 15 is 0 Å². The molecule has 30 heavy (non-hydrogen) atoms. The van der Waals surface area contributed by atoms with E-state index in [4.69, 9.17) is 16.0 Å². The zero-order valence-corrected chi connectivity index (χ0v) is 18.8. The van der Waals surface area contributed by atoms with Gasteiger partial charge in [-0.2, -0.15) is 0 Å². The van der Waals surface area contributed by atoms with Crippen LogP contribution in [-0.2, 0) is 17.8 Å². The third-order valence-electron chi connectivity index (χ3n) is 4.44. The molecule has 3 heterocycles. The smallest absolute Gasteiger partial charge is 0.249 e. The molecular weight excluding hydrogens is 440 g/mol. The molecule has 6 nitrogen and oxygen atoms in total. The Morgan fingerprint density at radius 1 is 1.17 bits per heavy atom. The summed E-state index contributed by atoms with van der Waals surface area (Å²) in [7, 11) is 0. The first-order chi connectivity index (χ1) is 14.5. The van der Waals surface area contributed by atoms with Gasteiger partial charge in [-0.1, -0.05) is 29.8 Å². The maximum Gasteiger partial charge on any atom is 0.249 e. The van der Waals surface area contributed by atoms with Gasteiger partial charge in [0.25, 0.3) is 0 Å². The highest BCUT2D eigenvalue weighted by Gasteiger charge is 2.22. The number of amides is 1. The molecule has 9 heteroatoms. The molecule has 3 aromatic heterocycles. The van der Waals surface area contributed by atoms with Crippen molar-refractivity contribution in [2.45, 2.75) is 32.9 Å². The van der Waals surface area contributed by atoms with Crippen molar-refractivity contribution in [2.24, 2.45) is 0 Å². The molecule has 0 aliphatic heterocycles. The first kappa shape index (κ1) is 20.7. The lowest BCUT2D eigenvalue weighted by atomic mass is 10.2. The van der Waals surface area contributed by atoms with Crippen LogP contribution >= 0.6 is 34.3 Å². The van der Waals surface area contributed by atoms with E-state index in [-0.39, 0.29) is 24.9 Å². The minimum absolute atomic E-state index is 0.0245. The van der Waals surface area contributed by atoms with Crippen LogP contribution in [-0.4, -0.2) is 32.0 Å². The van der Waals surface area contributed by atoms with Crippen LogP contribution in [0.4, 0.5) is 0 Å². The summed E-state index contributed by atoms with van der Waals surface area (Å²) in [6.07, 6.45) is 0.228. The number of thiophene rings is 1. The number of rotatable bonds is 7. The lowest BCUT2D eigenvalue weighted by Crippen LogP contribution is -2.37. The Morgan fingerprint density at radius 3 is 2.73 bits per heavy atom. The Hall–Kier alpha value is -2.55. The van der Waals surface area contributed by atoms with Crippen molar-refractivity contribution in [3.63, 3.8) is 0 Å². The van der Waals surface area contributed by atoms with Crippen molar-refractivity contribution >= 4 is 40.2 Å². The highest BCUT2D eigenvalue weighted by atomic mass is 35.5. The van der Waals surface area contributed by atoms with E-state index < -0.39 is 0 Å². The predicted octanol–water partition coefficient (Wildman–Crippen LogP) is 5.55. The van der Waals surface area contributed by atoms with Crippen LogP contribution in [0.15, 0.2) is 51.6 Å². The minimum Gasteiger partial charge on any atom is -0.419 e. The number of halogens is 1. The summed E-state index contributed by atoms with van der Waals surface area (Å²) in [6, 6.07) is 11.3. The molecule has 0 aliphatic rings. The van der Waals surface area contributed by atoms with Crippen molar-refractivity contribution in [2.75, 3.05) is 0 Å². The van der Waals surface area contributed by atoms with Gasteiger partial charge < -0.3 is 9.32 Å². The molecule has 154 valence electrons. The van der Waals surface area contributed by atoms with E-state index in [9.17, 15) is 4.79 Å². The topological polar surface area (TPSA) is 72.1 Å². The fraction of sp³-hybridized carbons (Fsp3) is 0.238. The van der Waals surface area contributed by atoms with Crippen LogP contribution in [0.25, 0.3) is 21.3 Å². The molecule has 1 amide bonds. The molecule has 0 fully saturated rings. The quantitative estimate of drug-likeness (QED) is 0.362. The molecule has 0 unspecified atom stereocenters. The Morgan fingerprint density at radius 2 is 2.00 bits per heavy atom. The van der Waals surface area contributed by atoms with E-state index in [0.29, 0.717) is 22.4 Å². The summed E-state index contributed by atoms with van der Waals surface area (Å²) < 4.78 is 5.77. The fourth-order valence-corrected chi connectivity index (χ4v) is 4.77. The molecule has 0 N–H and O–H groups in total. The second kappa shape index (κ2) is 9.07. The minimum atomic E-state index is -0.0366. The summed E-state index contributed by atoms with van der Waals surface area (Å²) in [4.78, 5) is 20.4. The van der Waals surface area contributed by atoms with Gasteiger partial charge >= 0.3 is 0 Å². The van der Waals surface area contributed by atoms with Gasteiger partial charge in [-0.25, -0.2) is 4.98 Å². The average molecular weight is 459 g/mol. The van der Waals surface area contributed by atoms with Gasteiger partial charge in [0.1, 0.15) is 5.01 Å². The highest BCUT2D eigenvalue weighted by molar-refractivity contribution is 7.20. The molecule has 4 rings (SSSR count). The van der Waals surface area contributed by atoms with Crippen molar-refractivity contribution in [3.05, 3.63) is 63.8 Å². The summed E-state index contributed by atoms with van der Waals surface area (Å²) in [5, 5.41) is 13.6. The van der Waals surface area contributed by atoms with Gasteiger partial charge in [0, 0.05) is 11.4 Å². The Balaban J connectivity index is 1.46. The van der Waals surface area contributed by atoms with Crippen molar-refractivity contribution < 1.29 is 9.21 Å². The lowest BCUT2D eigenvalue weighted by Gasteiger charge is -2.24. The van der Waals surface area contributed by atoms with Crippen LogP contribution in [0.1, 0.15) is 25.4 Å². The summed E-state index contributed by atoms with van der Waals surface area (Å²) in [5.74, 6) is 0.668. The molecule has 0 saturated carbocycles. The fourth-order valence-electron chi connectivity index (χ4n) is 2.92. The van der Waals surface area contributed by atoms with E-state index in [0.717, 1.165) is 15.6 Å². The summed E-state index contributed by atoms with van der Waals surface area (Å²) in [6.45, 7) is 4.15. The monoisotopic (exact) mass is 458 g/mol. The zero-order chi connectivity index (χ0) is 21.1. The Kier molecular flexibility index (Phi) is 6.26. The number of hydrogen-bond acceptors (Lipinski definition) is 7. The van der Waals surface area contributed by atoms with Gasteiger partial charge in [-0.15, -0.1) is 32.9 Å². The number of thiazole rings is 1. The van der Waals surface area contributed by atoms with Gasteiger partial charge in [-0.3, -0.25) is 4.79 Å². The Labute approximate surface area is 187 Å². The van der Waals surface area contributed by atoms with E-state index in [2.05, 4.69) is 15.2 Å². The molecule has 0 saturated heterocycles. The van der Waals surface area contributed by atoms with Gasteiger partial charge in [0.15, 0.2) is 0 Å². The number of nitrogens with zero attached hydrogens (tertiary/aromatic N) is 4. The third-order valence-corrected chi connectivity index (χ3v) is 6.70. The standard InChI is InChI=1S/C21H19ClN4O2S2/c1-13(2)26(11-18-24-25-20(28-18)15-6-3-4-7-16(15)22)19(27)10-14-12-30-21(23-14)17-8-5-9-29-17/h3-9,12-13H,10-11H2,1-2H3. The normalized spacial score (nSPS) is 11.2. The maximum atomic E-state index is 13.0. The van der Waals surface area contributed by atoms with E-state index in [1.54, 1.807) is 33.6 Å². The number of benzene rings is 1. The molecule has 0 spiro atoms. The average Bonchev–Trinajstić information content (AvgIpc) is 3.47. The number of aromatic nitrogens is 3. The van der Waals surface area contributed by atoms with Crippen LogP contribution in [0.3, 0.4) is 0 Å². The molecule has 0 aliphatic carbocycles. The van der Waals surface area contributed by atoms with Gasteiger partial charge in [-0.05, 0) is 37.4 Å². The lowest BCUT2D eigenvalue weighted by molar-refractivity contribution is -0.133. The van der Waals surface area contributed by atoms with Crippen LogP contribution in [0, 0.1) is 0 Å². The molecule has 1 aromatic carbocycles. The second-order valence-electron chi connectivity index (χ2n) is 6.89. The number of carbonyl (C=O) groups is 1. The zero-order valence-electron chi connectivity index (χ0n) is 16.4. The second-order valence-corrected chi connectivity index (χ2v) is 9.11. The number of carbonyl (C=O) groups excluding carboxylic acids is 1. The molecule has 0 bridgehead atoms. The van der Waals surface area contributed by atoms with Gasteiger partial charge in [0.2, 0.25) is 17.7 Å².